The van der Waals surface area contributed by atoms with Gasteiger partial charge in [-0.15, -0.1) is 0 Å². The molecule has 25 heavy (non-hydrogen) atoms. The topological polar surface area (TPSA) is 66.5 Å². The van der Waals surface area contributed by atoms with E-state index in [2.05, 4.69) is 21.2 Å². The normalized spacial score (nSPS) is 16.8. The van der Waals surface area contributed by atoms with Crippen molar-refractivity contribution in [1.82, 2.24) is 0 Å². The molecule has 1 saturated heterocycles. The van der Waals surface area contributed by atoms with Crippen molar-refractivity contribution < 1.29 is 14.4 Å². The van der Waals surface area contributed by atoms with E-state index in [1.165, 1.54) is 6.92 Å². The summed E-state index contributed by atoms with van der Waals surface area (Å²) in [7, 11) is 0. The van der Waals surface area contributed by atoms with Crippen molar-refractivity contribution in [3.05, 3.63) is 58.6 Å². The average molecular weight is 401 g/mol. The molecule has 0 spiro atoms. The molecule has 0 aliphatic carbocycles. The Morgan fingerprint density at radius 2 is 1.92 bits per heavy atom. The zero-order valence-electron chi connectivity index (χ0n) is 13.7. The zero-order valence-corrected chi connectivity index (χ0v) is 15.2. The minimum Gasteiger partial charge on any atom is -0.326 e. The number of benzene rings is 2. The van der Waals surface area contributed by atoms with Crippen LogP contribution in [0, 0.1) is 5.92 Å². The van der Waals surface area contributed by atoms with E-state index in [-0.39, 0.29) is 24.0 Å². The van der Waals surface area contributed by atoms with Crippen molar-refractivity contribution >= 4 is 44.9 Å². The fourth-order valence-electron chi connectivity index (χ4n) is 2.84. The summed E-state index contributed by atoms with van der Waals surface area (Å²) in [6.45, 7) is 1.82. The number of carbonyl (C=O) groups is 3. The quantitative estimate of drug-likeness (QED) is 0.796. The van der Waals surface area contributed by atoms with Crippen molar-refractivity contribution in [2.24, 2.45) is 5.92 Å². The Hall–Kier alpha value is -2.47. The number of hydrogen-bond donors (Lipinski definition) is 1. The SMILES string of the molecule is CC(=O)c1cccc(NC(=O)C2CC(=O)N(c3cccc(Br)c3)C2)c1. The van der Waals surface area contributed by atoms with Crippen LogP contribution in [0.15, 0.2) is 53.0 Å². The van der Waals surface area contributed by atoms with E-state index in [1.807, 2.05) is 24.3 Å². The van der Waals surface area contributed by atoms with Gasteiger partial charge >= 0.3 is 0 Å². The molecule has 3 rings (SSSR count). The summed E-state index contributed by atoms with van der Waals surface area (Å²) < 4.78 is 0.881. The van der Waals surface area contributed by atoms with E-state index >= 15 is 0 Å². The first kappa shape index (κ1) is 17.4. The maximum atomic E-state index is 12.5. The van der Waals surface area contributed by atoms with Gasteiger partial charge in [-0.1, -0.05) is 34.1 Å². The number of amides is 2. The van der Waals surface area contributed by atoms with Crippen LogP contribution in [-0.4, -0.2) is 24.1 Å². The molecule has 128 valence electrons. The summed E-state index contributed by atoms with van der Waals surface area (Å²) in [6, 6.07) is 14.2. The summed E-state index contributed by atoms with van der Waals surface area (Å²) in [4.78, 5) is 37.9. The number of nitrogens with zero attached hydrogens (tertiary/aromatic N) is 1. The minimum absolute atomic E-state index is 0.0621. The van der Waals surface area contributed by atoms with Gasteiger partial charge in [0.2, 0.25) is 11.8 Å². The highest BCUT2D eigenvalue weighted by molar-refractivity contribution is 9.10. The Morgan fingerprint density at radius 1 is 1.16 bits per heavy atom. The van der Waals surface area contributed by atoms with Gasteiger partial charge in [0.1, 0.15) is 0 Å². The highest BCUT2D eigenvalue weighted by atomic mass is 79.9. The molecule has 1 fully saturated rings. The first-order chi connectivity index (χ1) is 11.9. The number of hydrogen-bond acceptors (Lipinski definition) is 3. The van der Waals surface area contributed by atoms with Crippen molar-refractivity contribution in [3.63, 3.8) is 0 Å². The van der Waals surface area contributed by atoms with Gasteiger partial charge in [0, 0.05) is 34.4 Å². The van der Waals surface area contributed by atoms with Crippen LogP contribution >= 0.6 is 15.9 Å². The Bertz CT molecular complexity index is 850. The molecule has 0 radical (unpaired) electrons. The predicted molar refractivity (Wildman–Crippen MR) is 99.7 cm³/mol. The maximum Gasteiger partial charge on any atom is 0.229 e. The summed E-state index contributed by atoms with van der Waals surface area (Å²) >= 11 is 3.39. The van der Waals surface area contributed by atoms with Gasteiger partial charge in [-0.2, -0.15) is 0 Å². The lowest BCUT2D eigenvalue weighted by atomic mass is 10.1. The van der Waals surface area contributed by atoms with Gasteiger partial charge in [-0.25, -0.2) is 0 Å². The molecule has 1 aliphatic rings. The first-order valence-corrected chi connectivity index (χ1v) is 8.71. The molecular formula is C19H17BrN2O3. The Kier molecular flexibility index (Phi) is 4.99. The van der Waals surface area contributed by atoms with Crippen LogP contribution in [0.25, 0.3) is 0 Å². The van der Waals surface area contributed by atoms with Crippen LogP contribution in [0.2, 0.25) is 0 Å². The van der Waals surface area contributed by atoms with Crippen molar-refractivity contribution in [3.8, 4) is 0 Å². The van der Waals surface area contributed by atoms with Crippen molar-refractivity contribution in [1.29, 1.82) is 0 Å². The summed E-state index contributed by atoms with van der Waals surface area (Å²) in [5.41, 5.74) is 1.87. The molecule has 5 nitrogen and oxygen atoms in total. The first-order valence-electron chi connectivity index (χ1n) is 7.92. The van der Waals surface area contributed by atoms with E-state index in [9.17, 15) is 14.4 Å². The van der Waals surface area contributed by atoms with Gasteiger partial charge in [-0.3, -0.25) is 14.4 Å². The van der Waals surface area contributed by atoms with Gasteiger partial charge < -0.3 is 10.2 Å². The molecule has 6 heteroatoms. The zero-order chi connectivity index (χ0) is 18.0. The maximum absolute atomic E-state index is 12.5. The molecule has 1 heterocycles. The number of halogens is 1. The molecule has 2 aromatic rings. The lowest BCUT2D eigenvalue weighted by Crippen LogP contribution is -2.28. The second-order valence-corrected chi connectivity index (χ2v) is 6.93. The Morgan fingerprint density at radius 3 is 2.64 bits per heavy atom. The standard InChI is InChI=1S/C19H17BrN2O3/c1-12(23)13-4-2-6-16(8-13)21-19(25)14-9-18(24)22(11-14)17-7-3-5-15(20)10-17/h2-8,10,14H,9,11H2,1H3,(H,21,25). The number of Topliss-reactive ketones (excluding diaryl/α,β-unsaturated/α-hetero) is 1. The third-order valence-corrected chi connectivity index (χ3v) is 4.65. The lowest BCUT2D eigenvalue weighted by Gasteiger charge is -2.17. The third-order valence-electron chi connectivity index (χ3n) is 4.15. The highest BCUT2D eigenvalue weighted by Gasteiger charge is 2.35. The third kappa shape index (κ3) is 3.96. The van der Waals surface area contributed by atoms with Gasteiger partial charge in [0.05, 0.1) is 5.92 Å². The molecular weight excluding hydrogens is 384 g/mol. The number of nitrogens with one attached hydrogen (secondary N) is 1. The average Bonchev–Trinajstić information content (AvgIpc) is 2.97. The smallest absolute Gasteiger partial charge is 0.229 e. The van der Waals surface area contributed by atoms with E-state index in [0.717, 1.165) is 10.2 Å². The van der Waals surface area contributed by atoms with E-state index < -0.39 is 5.92 Å². The number of carbonyl (C=O) groups excluding carboxylic acids is 3. The lowest BCUT2D eigenvalue weighted by molar-refractivity contribution is -0.122. The van der Waals surface area contributed by atoms with Gasteiger partial charge in [0.15, 0.2) is 5.78 Å². The van der Waals surface area contributed by atoms with Crippen LogP contribution in [0.4, 0.5) is 11.4 Å². The van der Waals surface area contributed by atoms with E-state index in [4.69, 9.17) is 0 Å². The molecule has 1 aliphatic heterocycles. The number of rotatable bonds is 4. The van der Waals surface area contributed by atoms with Crippen LogP contribution < -0.4 is 10.2 Å². The van der Waals surface area contributed by atoms with Crippen LogP contribution in [0.5, 0.6) is 0 Å². The van der Waals surface area contributed by atoms with Gasteiger partial charge in [-0.05, 0) is 37.3 Å². The van der Waals surface area contributed by atoms with E-state index in [0.29, 0.717) is 17.8 Å². The minimum atomic E-state index is -0.424. The van der Waals surface area contributed by atoms with Crippen LogP contribution in [0.1, 0.15) is 23.7 Å². The second-order valence-electron chi connectivity index (χ2n) is 6.01. The number of anilines is 2. The fraction of sp³-hybridized carbons (Fsp3) is 0.211. The molecule has 0 saturated carbocycles. The van der Waals surface area contributed by atoms with Crippen molar-refractivity contribution in [2.75, 3.05) is 16.8 Å². The Balaban J connectivity index is 1.71. The highest BCUT2D eigenvalue weighted by Crippen LogP contribution is 2.28. The summed E-state index contributed by atoms with van der Waals surface area (Å²) in [6.07, 6.45) is 0.171. The summed E-state index contributed by atoms with van der Waals surface area (Å²) in [5.74, 6) is -0.775. The van der Waals surface area contributed by atoms with Crippen molar-refractivity contribution in [2.45, 2.75) is 13.3 Å². The van der Waals surface area contributed by atoms with Crippen LogP contribution in [-0.2, 0) is 9.59 Å². The molecule has 0 bridgehead atoms. The molecule has 1 N–H and O–H groups in total. The largest absolute Gasteiger partial charge is 0.326 e. The number of ketones is 1. The fourth-order valence-corrected chi connectivity index (χ4v) is 3.22. The van der Waals surface area contributed by atoms with Crippen LogP contribution in [0.3, 0.4) is 0 Å². The molecule has 2 aromatic carbocycles. The molecule has 1 unspecified atom stereocenters. The molecule has 0 aromatic heterocycles. The Labute approximate surface area is 154 Å². The summed E-state index contributed by atoms with van der Waals surface area (Å²) in [5, 5.41) is 2.80. The second kappa shape index (κ2) is 7.19. The van der Waals surface area contributed by atoms with E-state index in [1.54, 1.807) is 29.2 Å². The van der Waals surface area contributed by atoms with Gasteiger partial charge in [0.25, 0.3) is 0 Å². The molecule has 2 amide bonds. The predicted octanol–water partition coefficient (Wildman–Crippen LogP) is 3.64. The molecule has 1 atom stereocenters. The monoisotopic (exact) mass is 400 g/mol.